The van der Waals surface area contributed by atoms with Gasteiger partial charge in [0.1, 0.15) is 16.4 Å². The van der Waals surface area contributed by atoms with Crippen LogP contribution in [-0.4, -0.2) is 33.3 Å². The predicted molar refractivity (Wildman–Crippen MR) is 121 cm³/mol. The maximum absolute atomic E-state index is 13.1. The Hall–Kier alpha value is -4.26. The van der Waals surface area contributed by atoms with E-state index >= 15 is 0 Å². The summed E-state index contributed by atoms with van der Waals surface area (Å²) in [5.74, 6) is 0.217. The Morgan fingerprint density at radius 2 is 1.76 bits per heavy atom. The van der Waals surface area contributed by atoms with Crippen molar-refractivity contribution >= 4 is 33.3 Å². The third kappa shape index (κ3) is 6.16. The molecule has 0 spiro atoms. The van der Waals surface area contributed by atoms with Crippen molar-refractivity contribution < 1.29 is 31.6 Å². The fourth-order valence-corrected chi connectivity index (χ4v) is 4.03. The molecule has 0 unspecified atom stereocenters. The normalized spacial score (nSPS) is 11.4. The Balaban J connectivity index is 1.88. The summed E-state index contributed by atoms with van der Waals surface area (Å²) in [6, 6.07) is 15.0. The van der Waals surface area contributed by atoms with Crippen LogP contribution in [0.1, 0.15) is 5.56 Å². The van der Waals surface area contributed by atoms with Gasteiger partial charge in [0.25, 0.3) is 15.7 Å². The second-order valence-corrected chi connectivity index (χ2v) is 8.21. The molecule has 178 valence electrons. The molecule has 0 amide bonds. The molecule has 0 saturated carbocycles. The minimum atomic E-state index is -4.30. The van der Waals surface area contributed by atoms with Crippen molar-refractivity contribution in [2.45, 2.75) is 11.5 Å². The lowest BCUT2D eigenvalue weighted by atomic mass is 10.2. The molecule has 0 saturated heterocycles. The average molecular weight is 492 g/mol. The van der Waals surface area contributed by atoms with Crippen LogP contribution in [0.3, 0.4) is 0 Å². The van der Waals surface area contributed by atoms with Crippen LogP contribution in [0.2, 0.25) is 0 Å². The summed E-state index contributed by atoms with van der Waals surface area (Å²) < 4.78 is 62.4. The lowest BCUT2D eigenvalue weighted by Crippen LogP contribution is -2.15. The number of ether oxygens (including phenoxy) is 2. The molecule has 3 aromatic rings. The van der Waals surface area contributed by atoms with Crippen molar-refractivity contribution in [1.29, 1.82) is 0 Å². The number of methoxy groups -OCH3 is 1. The first kappa shape index (κ1) is 24.4. The molecule has 13 heteroatoms. The van der Waals surface area contributed by atoms with Gasteiger partial charge in [-0.3, -0.25) is 20.3 Å². The van der Waals surface area contributed by atoms with E-state index in [-0.39, 0.29) is 22.9 Å². The van der Waals surface area contributed by atoms with Crippen LogP contribution in [0.5, 0.6) is 11.5 Å². The lowest BCUT2D eigenvalue weighted by molar-refractivity contribution is -0.385. The topological polar surface area (TPSA) is 132 Å². The zero-order chi connectivity index (χ0) is 24.7. The summed E-state index contributed by atoms with van der Waals surface area (Å²) >= 11 is 0. The fraction of sp³-hybridized carbons (Fsp3) is 0.0952. The smallest absolute Gasteiger partial charge is 0.387 e. The summed E-state index contributed by atoms with van der Waals surface area (Å²) in [5.41, 5.74) is 2.69. The Bertz CT molecular complexity index is 1300. The van der Waals surface area contributed by atoms with Crippen molar-refractivity contribution in [2.75, 3.05) is 17.3 Å². The first-order valence-corrected chi connectivity index (χ1v) is 11.0. The number of non-ortho nitro benzene ring substituents is 1. The molecule has 0 radical (unpaired) electrons. The van der Waals surface area contributed by atoms with E-state index < -0.39 is 32.1 Å². The van der Waals surface area contributed by atoms with E-state index in [4.69, 9.17) is 4.74 Å². The standard InChI is InChI=1S/C21H18F2N4O6S/c1-32-19-5-3-2-4-17(19)26-34(30,31)20-12-15(27(28)29)8-11-18(20)25-24-13-14-6-9-16(10-7-14)33-21(22)23/h2-13,21,25-26H,1H3. The Morgan fingerprint density at radius 1 is 1.06 bits per heavy atom. The van der Waals surface area contributed by atoms with Gasteiger partial charge in [-0.25, -0.2) is 8.42 Å². The number of rotatable bonds is 10. The van der Waals surface area contributed by atoms with Crippen LogP contribution in [-0.2, 0) is 10.0 Å². The molecule has 0 aliphatic rings. The molecule has 0 heterocycles. The third-order valence-corrected chi connectivity index (χ3v) is 5.73. The largest absolute Gasteiger partial charge is 0.495 e. The van der Waals surface area contributed by atoms with E-state index in [1.165, 1.54) is 49.7 Å². The molecule has 0 bridgehead atoms. The van der Waals surface area contributed by atoms with Gasteiger partial charge in [0.15, 0.2) is 0 Å². The van der Waals surface area contributed by atoms with E-state index in [2.05, 4.69) is 20.0 Å². The highest BCUT2D eigenvalue weighted by atomic mass is 32.2. The van der Waals surface area contributed by atoms with E-state index in [1.54, 1.807) is 18.2 Å². The van der Waals surface area contributed by atoms with Gasteiger partial charge in [-0.05, 0) is 48.0 Å². The minimum absolute atomic E-state index is 0.0359. The molecule has 3 aromatic carbocycles. The Labute approximate surface area is 193 Å². The summed E-state index contributed by atoms with van der Waals surface area (Å²) in [5, 5.41) is 15.1. The number of halogens is 2. The predicted octanol–water partition coefficient (Wildman–Crippen LogP) is 4.45. The summed E-state index contributed by atoms with van der Waals surface area (Å²) in [4.78, 5) is 10.1. The zero-order valence-corrected chi connectivity index (χ0v) is 18.3. The molecule has 2 N–H and O–H groups in total. The molecule has 0 aliphatic heterocycles. The van der Waals surface area contributed by atoms with Crippen molar-refractivity contribution in [3.63, 3.8) is 0 Å². The maximum atomic E-state index is 13.1. The van der Waals surface area contributed by atoms with Crippen LogP contribution in [0.15, 0.2) is 76.7 Å². The van der Waals surface area contributed by atoms with Gasteiger partial charge in [0.05, 0.1) is 29.6 Å². The number of nitrogens with zero attached hydrogens (tertiary/aromatic N) is 2. The van der Waals surface area contributed by atoms with Crippen molar-refractivity contribution in [3.05, 3.63) is 82.4 Å². The number of alkyl halides is 2. The summed E-state index contributed by atoms with van der Waals surface area (Å²) in [7, 11) is -2.93. The number of sulfonamides is 1. The highest BCUT2D eigenvalue weighted by molar-refractivity contribution is 7.93. The number of hydrazone groups is 1. The van der Waals surface area contributed by atoms with E-state index in [1.807, 2.05) is 0 Å². The van der Waals surface area contributed by atoms with Crippen LogP contribution in [0.4, 0.5) is 25.8 Å². The van der Waals surface area contributed by atoms with Crippen molar-refractivity contribution in [1.82, 2.24) is 0 Å². The summed E-state index contributed by atoms with van der Waals surface area (Å²) in [6.07, 6.45) is 1.30. The lowest BCUT2D eigenvalue weighted by Gasteiger charge is -2.14. The molecule has 0 atom stereocenters. The highest BCUT2D eigenvalue weighted by Crippen LogP contribution is 2.31. The van der Waals surface area contributed by atoms with Gasteiger partial charge in [-0.15, -0.1) is 0 Å². The summed E-state index contributed by atoms with van der Waals surface area (Å²) in [6.45, 7) is -2.95. The van der Waals surface area contributed by atoms with Gasteiger partial charge in [0, 0.05) is 12.1 Å². The van der Waals surface area contributed by atoms with Crippen LogP contribution < -0.4 is 19.6 Å². The number of para-hydroxylation sites is 2. The van der Waals surface area contributed by atoms with Gasteiger partial charge in [0.2, 0.25) is 0 Å². The average Bonchev–Trinajstić information content (AvgIpc) is 2.80. The number of benzene rings is 3. The first-order valence-electron chi connectivity index (χ1n) is 9.48. The first-order chi connectivity index (χ1) is 16.2. The van der Waals surface area contributed by atoms with E-state index in [0.717, 1.165) is 12.1 Å². The Morgan fingerprint density at radius 3 is 2.41 bits per heavy atom. The quantitative estimate of drug-likeness (QED) is 0.243. The van der Waals surface area contributed by atoms with Gasteiger partial charge in [-0.2, -0.15) is 13.9 Å². The molecular weight excluding hydrogens is 474 g/mol. The van der Waals surface area contributed by atoms with E-state index in [9.17, 15) is 27.3 Å². The van der Waals surface area contributed by atoms with Gasteiger partial charge >= 0.3 is 6.61 Å². The fourth-order valence-electron chi connectivity index (χ4n) is 2.78. The Kier molecular flexibility index (Phi) is 7.58. The number of nitrogens with one attached hydrogen (secondary N) is 2. The molecule has 3 rings (SSSR count). The van der Waals surface area contributed by atoms with Gasteiger partial charge in [-0.1, -0.05) is 12.1 Å². The molecule has 0 aliphatic carbocycles. The maximum Gasteiger partial charge on any atom is 0.387 e. The highest BCUT2D eigenvalue weighted by Gasteiger charge is 2.23. The number of anilines is 2. The van der Waals surface area contributed by atoms with Crippen molar-refractivity contribution in [3.8, 4) is 11.5 Å². The van der Waals surface area contributed by atoms with E-state index in [0.29, 0.717) is 5.56 Å². The second kappa shape index (κ2) is 10.6. The zero-order valence-electron chi connectivity index (χ0n) is 17.5. The number of hydrogen-bond acceptors (Lipinski definition) is 8. The second-order valence-electron chi connectivity index (χ2n) is 6.56. The SMILES string of the molecule is COc1ccccc1NS(=O)(=O)c1cc([N+](=O)[O-])ccc1NN=Cc1ccc(OC(F)F)cc1. The van der Waals surface area contributed by atoms with Gasteiger partial charge < -0.3 is 9.47 Å². The minimum Gasteiger partial charge on any atom is -0.495 e. The molecule has 0 fully saturated rings. The molecule has 0 aromatic heterocycles. The monoisotopic (exact) mass is 492 g/mol. The van der Waals surface area contributed by atoms with Crippen LogP contribution in [0, 0.1) is 10.1 Å². The third-order valence-electron chi connectivity index (χ3n) is 4.32. The number of hydrogen-bond donors (Lipinski definition) is 2. The molecule has 10 nitrogen and oxygen atoms in total. The molecular formula is C21H18F2N4O6S. The molecule has 34 heavy (non-hydrogen) atoms. The van der Waals surface area contributed by atoms with Crippen molar-refractivity contribution in [2.24, 2.45) is 5.10 Å². The number of nitro groups is 1. The van der Waals surface area contributed by atoms with Crippen LogP contribution in [0.25, 0.3) is 0 Å². The number of nitro benzene ring substituents is 1. The van der Waals surface area contributed by atoms with Crippen LogP contribution >= 0.6 is 0 Å².